The minimum Gasteiger partial charge on any atom is -0.478 e. The number of hydrogen-bond donors (Lipinski definition) is 2. The number of carbonyl (C=O) groups is 1. The highest BCUT2D eigenvalue weighted by molar-refractivity contribution is 5.95. The summed E-state index contributed by atoms with van der Waals surface area (Å²) in [5.41, 5.74) is 3.90. The number of nitrogens with one attached hydrogen (secondary N) is 1. The van der Waals surface area contributed by atoms with Crippen molar-refractivity contribution >= 4 is 17.3 Å². The zero-order chi connectivity index (χ0) is 15.4. The topological polar surface area (TPSA) is 49.3 Å². The average molecular weight is 289 g/mol. The highest BCUT2D eigenvalue weighted by Gasteiger charge is 2.09. The van der Waals surface area contributed by atoms with E-state index in [1.165, 1.54) is 0 Å². The second-order valence-electron chi connectivity index (χ2n) is 4.92. The molecule has 0 bridgehead atoms. The lowest BCUT2D eigenvalue weighted by Gasteiger charge is -2.11. The van der Waals surface area contributed by atoms with Crippen LogP contribution in [0.4, 0.5) is 11.4 Å². The molecule has 0 amide bonds. The van der Waals surface area contributed by atoms with Crippen LogP contribution in [0.25, 0.3) is 11.1 Å². The molecule has 3 nitrogen and oxygen atoms in total. The maximum absolute atomic E-state index is 11.3. The third kappa shape index (κ3) is 2.99. The van der Waals surface area contributed by atoms with Gasteiger partial charge in [0.1, 0.15) is 0 Å². The van der Waals surface area contributed by atoms with Crippen LogP contribution in [0.3, 0.4) is 0 Å². The highest BCUT2D eigenvalue weighted by Crippen LogP contribution is 2.26. The molecule has 0 aromatic heterocycles. The van der Waals surface area contributed by atoms with Crippen LogP contribution in [0.15, 0.2) is 78.9 Å². The molecule has 0 radical (unpaired) electrons. The molecular weight excluding hydrogens is 274 g/mol. The van der Waals surface area contributed by atoms with Crippen molar-refractivity contribution in [2.75, 3.05) is 5.32 Å². The molecule has 0 aliphatic carbocycles. The summed E-state index contributed by atoms with van der Waals surface area (Å²) in [7, 11) is 0. The Kier molecular flexibility index (Phi) is 3.88. The molecule has 3 aromatic carbocycles. The lowest BCUT2D eigenvalue weighted by atomic mass is 10.1. The number of carboxylic acid groups (broad SMARTS) is 1. The fourth-order valence-electron chi connectivity index (χ4n) is 2.34. The van der Waals surface area contributed by atoms with Crippen LogP contribution < -0.4 is 5.32 Å². The Morgan fingerprint density at radius 3 is 2.23 bits per heavy atom. The molecule has 22 heavy (non-hydrogen) atoms. The van der Waals surface area contributed by atoms with E-state index in [2.05, 4.69) is 5.32 Å². The molecule has 0 fully saturated rings. The molecule has 0 heterocycles. The lowest BCUT2D eigenvalue weighted by molar-refractivity contribution is 0.0698. The highest BCUT2D eigenvalue weighted by atomic mass is 16.4. The summed E-state index contributed by atoms with van der Waals surface area (Å²) in [4.78, 5) is 11.3. The Bertz CT molecular complexity index is 797. The summed E-state index contributed by atoms with van der Waals surface area (Å²) < 4.78 is 0. The number of anilines is 2. The molecule has 3 heteroatoms. The first kappa shape index (κ1) is 13.9. The van der Waals surface area contributed by atoms with Crippen molar-refractivity contribution in [3.05, 3.63) is 84.4 Å². The van der Waals surface area contributed by atoms with Gasteiger partial charge in [-0.25, -0.2) is 4.79 Å². The second kappa shape index (κ2) is 6.14. The Labute approximate surface area is 128 Å². The second-order valence-corrected chi connectivity index (χ2v) is 4.92. The number of hydrogen-bond acceptors (Lipinski definition) is 2. The number of rotatable bonds is 4. The van der Waals surface area contributed by atoms with Gasteiger partial charge in [-0.2, -0.15) is 0 Å². The quantitative estimate of drug-likeness (QED) is 0.725. The SMILES string of the molecule is O=C(O)c1ccccc1Nc1cccc(-c2ccccc2)c1. The van der Waals surface area contributed by atoms with Gasteiger partial charge in [-0.15, -0.1) is 0 Å². The van der Waals surface area contributed by atoms with E-state index >= 15 is 0 Å². The standard InChI is InChI=1S/C19H15NO2/c21-19(22)17-11-4-5-12-18(17)20-16-10-6-9-15(13-16)14-7-2-1-3-8-14/h1-13,20H,(H,21,22). The molecule has 3 rings (SSSR count). The molecule has 0 spiro atoms. The van der Waals surface area contributed by atoms with Gasteiger partial charge in [-0.05, 0) is 35.4 Å². The molecular formula is C19H15NO2. The average Bonchev–Trinajstić information content (AvgIpc) is 2.56. The smallest absolute Gasteiger partial charge is 0.337 e. The van der Waals surface area contributed by atoms with Gasteiger partial charge in [0.2, 0.25) is 0 Å². The fourth-order valence-corrected chi connectivity index (χ4v) is 2.34. The summed E-state index contributed by atoms with van der Waals surface area (Å²) in [6, 6.07) is 24.9. The number of aromatic carboxylic acids is 1. The van der Waals surface area contributed by atoms with Gasteiger partial charge in [-0.1, -0.05) is 54.6 Å². The van der Waals surface area contributed by atoms with E-state index in [0.717, 1.165) is 16.8 Å². The predicted octanol–water partition coefficient (Wildman–Crippen LogP) is 4.80. The Morgan fingerprint density at radius 1 is 0.773 bits per heavy atom. The van der Waals surface area contributed by atoms with Gasteiger partial charge in [0.05, 0.1) is 11.3 Å². The molecule has 0 saturated carbocycles. The van der Waals surface area contributed by atoms with Gasteiger partial charge in [0, 0.05) is 5.69 Å². The van der Waals surface area contributed by atoms with E-state index < -0.39 is 5.97 Å². The molecule has 0 atom stereocenters. The number of carboxylic acids is 1. The molecule has 0 saturated heterocycles. The third-order valence-corrected chi connectivity index (χ3v) is 3.41. The van der Waals surface area contributed by atoms with Crippen LogP contribution >= 0.6 is 0 Å². The van der Waals surface area contributed by atoms with Gasteiger partial charge in [0.15, 0.2) is 0 Å². The minimum atomic E-state index is -0.942. The van der Waals surface area contributed by atoms with Crippen LogP contribution in [-0.2, 0) is 0 Å². The molecule has 0 aliphatic rings. The van der Waals surface area contributed by atoms with E-state index in [0.29, 0.717) is 5.69 Å². The molecule has 3 aromatic rings. The summed E-state index contributed by atoms with van der Waals surface area (Å²) in [6.07, 6.45) is 0. The van der Waals surface area contributed by atoms with Crippen molar-refractivity contribution in [2.24, 2.45) is 0 Å². The van der Waals surface area contributed by atoms with Crippen molar-refractivity contribution in [1.29, 1.82) is 0 Å². The van der Waals surface area contributed by atoms with Crippen LogP contribution in [0.5, 0.6) is 0 Å². The summed E-state index contributed by atoms with van der Waals surface area (Å²) in [5, 5.41) is 12.4. The maximum atomic E-state index is 11.3. The first-order valence-corrected chi connectivity index (χ1v) is 6.99. The minimum absolute atomic E-state index is 0.257. The first-order chi connectivity index (χ1) is 10.7. The third-order valence-electron chi connectivity index (χ3n) is 3.41. The van der Waals surface area contributed by atoms with Crippen LogP contribution in [0.2, 0.25) is 0 Å². The predicted molar refractivity (Wildman–Crippen MR) is 88.6 cm³/mol. The van der Waals surface area contributed by atoms with E-state index in [-0.39, 0.29) is 5.56 Å². The fraction of sp³-hybridized carbons (Fsp3) is 0. The molecule has 0 aliphatic heterocycles. The Hall–Kier alpha value is -3.07. The van der Waals surface area contributed by atoms with Gasteiger partial charge < -0.3 is 10.4 Å². The Morgan fingerprint density at radius 2 is 1.45 bits per heavy atom. The van der Waals surface area contributed by atoms with Crippen molar-refractivity contribution in [3.63, 3.8) is 0 Å². The lowest BCUT2D eigenvalue weighted by Crippen LogP contribution is -2.02. The van der Waals surface area contributed by atoms with Crippen LogP contribution in [-0.4, -0.2) is 11.1 Å². The zero-order valence-electron chi connectivity index (χ0n) is 11.9. The Balaban J connectivity index is 1.93. The first-order valence-electron chi connectivity index (χ1n) is 6.99. The maximum Gasteiger partial charge on any atom is 0.337 e. The van der Waals surface area contributed by atoms with Crippen molar-refractivity contribution in [1.82, 2.24) is 0 Å². The zero-order valence-corrected chi connectivity index (χ0v) is 11.9. The van der Waals surface area contributed by atoms with E-state index in [9.17, 15) is 9.90 Å². The summed E-state index contributed by atoms with van der Waals surface area (Å²) in [6.45, 7) is 0. The molecule has 108 valence electrons. The monoisotopic (exact) mass is 289 g/mol. The largest absolute Gasteiger partial charge is 0.478 e. The van der Waals surface area contributed by atoms with Crippen LogP contribution in [0, 0.1) is 0 Å². The normalized spacial score (nSPS) is 10.2. The van der Waals surface area contributed by atoms with Gasteiger partial charge in [0.25, 0.3) is 0 Å². The van der Waals surface area contributed by atoms with E-state index in [1.54, 1.807) is 18.2 Å². The van der Waals surface area contributed by atoms with E-state index in [1.807, 2.05) is 60.7 Å². The van der Waals surface area contributed by atoms with Gasteiger partial charge in [-0.3, -0.25) is 0 Å². The van der Waals surface area contributed by atoms with Crippen molar-refractivity contribution < 1.29 is 9.90 Å². The summed E-state index contributed by atoms with van der Waals surface area (Å²) >= 11 is 0. The van der Waals surface area contributed by atoms with E-state index in [4.69, 9.17) is 0 Å². The van der Waals surface area contributed by atoms with Crippen molar-refractivity contribution in [2.45, 2.75) is 0 Å². The van der Waals surface area contributed by atoms with Crippen molar-refractivity contribution in [3.8, 4) is 11.1 Å². The summed E-state index contributed by atoms with van der Waals surface area (Å²) in [5.74, 6) is -0.942. The molecule has 2 N–H and O–H groups in total. The molecule has 0 unspecified atom stereocenters. The van der Waals surface area contributed by atoms with Crippen LogP contribution in [0.1, 0.15) is 10.4 Å². The number of para-hydroxylation sites is 1. The number of benzene rings is 3. The van der Waals surface area contributed by atoms with Gasteiger partial charge >= 0.3 is 5.97 Å².